The van der Waals surface area contributed by atoms with E-state index in [-0.39, 0.29) is 19.1 Å². The molecule has 0 amide bonds. The first kappa shape index (κ1) is 7.99. The van der Waals surface area contributed by atoms with Crippen molar-refractivity contribution in [3.63, 3.8) is 0 Å². The molecule has 9 heavy (non-hydrogen) atoms. The van der Waals surface area contributed by atoms with Crippen molar-refractivity contribution in [2.75, 3.05) is 20.2 Å². The number of carbonyl (C=O) groups is 1. The van der Waals surface area contributed by atoms with E-state index < -0.39 is 0 Å². The largest absolute Gasteiger partial charge is 0.452 e. The first-order valence-corrected chi connectivity index (χ1v) is 2.55. The molecule has 0 bridgehead atoms. The smallest absolute Gasteiger partial charge is 0.320 e. The highest BCUT2D eigenvalue weighted by Crippen LogP contribution is 1.72. The van der Waals surface area contributed by atoms with Gasteiger partial charge < -0.3 is 10.1 Å². The van der Waals surface area contributed by atoms with Crippen molar-refractivity contribution in [1.82, 2.24) is 5.32 Å². The molecular weight excluding hydrogens is 118 g/mol. The number of hydrogen-bond donors (Lipinski definition) is 1. The zero-order chi connectivity index (χ0) is 7.11. The second-order valence-electron chi connectivity index (χ2n) is 1.40. The minimum atomic E-state index is -0.324. The number of ether oxygens (including phenoxy) is 1. The standard InChI is InChI=1S/C6H9NO2/c1-3-4-9-6(8)5-7-2/h1,7H,4-5H2,2H3. The summed E-state index contributed by atoms with van der Waals surface area (Å²) < 4.78 is 4.49. The van der Waals surface area contributed by atoms with Gasteiger partial charge in [-0.25, -0.2) is 0 Å². The zero-order valence-corrected chi connectivity index (χ0v) is 5.31. The van der Waals surface area contributed by atoms with E-state index in [2.05, 4.69) is 16.0 Å². The molecule has 0 aromatic rings. The highest BCUT2D eigenvalue weighted by atomic mass is 16.5. The van der Waals surface area contributed by atoms with Gasteiger partial charge >= 0.3 is 5.97 Å². The molecule has 0 spiro atoms. The van der Waals surface area contributed by atoms with E-state index in [0.717, 1.165) is 0 Å². The van der Waals surface area contributed by atoms with E-state index in [4.69, 9.17) is 6.42 Å². The average Bonchev–Trinajstić information content (AvgIpc) is 1.85. The number of esters is 1. The Hall–Kier alpha value is -1.01. The summed E-state index contributed by atoms with van der Waals surface area (Å²) in [6.45, 7) is 0.266. The molecule has 0 saturated carbocycles. The number of rotatable bonds is 3. The molecule has 0 aliphatic heterocycles. The third kappa shape index (κ3) is 4.85. The van der Waals surface area contributed by atoms with Gasteiger partial charge in [-0.2, -0.15) is 0 Å². The fraction of sp³-hybridized carbons (Fsp3) is 0.500. The van der Waals surface area contributed by atoms with Gasteiger partial charge in [-0.1, -0.05) is 5.92 Å². The highest BCUT2D eigenvalue weighted by molar-refractivity contribution is 5.71. The fourth-order valence-electron chi connectivity index (χ4n) is 0.318. The second kappa shape index (κ2) is 5.13. The molecule has 50 valence electrons. The van der Waals surface area contributed by atoms with Gasteiger partial charge in [-0.3, -0.25) is 4.79 Å². The maximum absolute atomic E-state index is 10.4. The molecule has 0 saturated heterocycles. The lowest BCUT2D eigenvalue weighted by Crippen LogP contribution is -2.20. The van der Waals surface area contributed by atoms with E-state index in [1.807, 2.05) is 0 Å². The van der Waals surface area contributed by atoms with Gasteiger partial charge in [0.25, 0.3) is 0 Å². The molecule has 3 heteroatoms. The number of likely N-dealkylation sites (N-methyl/N-ethyl adjacent to an activating group) is 1. The molecule has 0 rings (SSSR count). The van der Waals surface area contributed by atoms with E-state index >= 15 is 0 Å². The Labute approximate surface area is 54.4 Å². The van der Waals surface area contributed by atoms with Gasteiger partial charge in [-0.15, -0.1) is 6.42 Å². The van der Waals surface area contributed by atoms with Crippen molar-refractivity contribution in [3.05, 3.63) is 0 Å². The van der Waals surface area contributed by atoms with Crippen LogP contribution in [0.1, 0.15) is 0 Å². The highest BCUT2D eigenvalue weighted by Gasteiger charge is 1.95. The first-order valence-electron chi connectivity index (χ1n) is 2.55. The van der Waals surface area contributed by atoms with Crippen LogP contribution in [0.5, 0.6) is 0 Å². The maximum Gasteiger partial charge on any atom is 0.320 e. The van der Waals surface area contributed by atoms with Gasteiger partial charge in [0.05, 0.1) is 6.54 Å². The Morgan fingerprint density at radius 2 is 2.56 bits per heavy atom. The van der Waals surface area contributed by atoms with Gasteiger partial charge in [0.1, 0.15) is 0 Å². The van der Waals surface area contributed by atoms with Crippen LogP contribution >= 0.6 is 0 Å². The Morgan fingerprint density at radius 3 is 3.00 bits per heavy atom. The Kier molecular flexibility index (Phi) is 4.56. The van der Waals surface area contributed by atoms with E-state index in [9.17, 15) is 4.79 Å². The maximum atomic E-state index is 10.4. The van der Waals surface area contributed by atoms with Crippen LogP contribution in [0, 0.1) is 12.3 Å². The van der Waals surface area contributed by atoms with Crippen molar-refractivity contribution in [2.45, 2.75) is 0 Å². The monoisotopic (exact) mass is 127 g/mol. The van der Waals surface area contributed by atoms with Crippen LogP contribution in [0.4, 0.5) is 0 Å². The van der Waals surface area contributed by atoms with E-state index in [0.29, 0.717) is 0 Å². The summed E-state index contributed by atoms with van der Waals surface area (Å²) in [5, 5.41) is 2.63. The first-order chi connectivity index (χ1) is 4.31. The molecule has 0 aliphatic carbocycles. The molecule has 0 heterocycles. The SMILES string of the molecule is C#CCOC(=O)CNC. The average molecular weight is 127 g/mol. The van der Waals surface area contributed by atoms with Crippen molar-refractivity contribution >= 4 is 5.97 Å². The second-order valence-corrected chi connectivity index (χ2v) is 1.40. The minimum absolute atomic E-state index is 0.0561. The summed E-state index contributed by atoms with van der Waals surface area (Å²) in [7, 11) is 1.66. The van der Waals surface area contributed by atoms with Gasteiger partial charge in [0.2, 0.25) is 0 Å². The number of carbonyl (C=O) groups excluding carboxylic acids is 1. The summed E-state index contributed by atoms with van der Waals surface area (Å²) in [5.41, 5.74) is 0. The molecule has 0 aliphatic rings. The molecule has 0 radical (unpaired) electrons. The van der Waals surface area contributed by atoms with Gasteiger partial charge in [0, 0.05) is 0 Å². The zero-order valence-electron chi connectivity index (χ0n) is 5.31. The summed E-state index contributed by atoms with van der Waals surface area (Å²) in [4.78, 5) is 10.4. The van der Waals surface area contributed by atoms with Gasteiger partial charge in [0.15, 0.2) is 6.61 Å². The molecule has 0 unspecified atom stereocenters. The molecule has 0 aromatic heterocycles. The minimum Gasteiger partial charge on any atom is -0.452 e. The van der Waals surface area contributed by atoms with Crippen LogP contribution < -0.4 is 5.32 Å². The summed E-state index contributed by atoms with van der Waals surface area (Å²) in [5.74, 6) is 1.86. The predicted molar refractivity (Wildman–Crippen MR) is 33.7 cm³/mol. The quantitative estimate of drug-likeness (QED) is 0.405. The predicted octanol–water partition coefficient (Wildman–Crippen LogP) is -0.618. The molecule has 0 fully saturated rings. The lowest BCUT2D eigenvalue weighted by molar-refractivity contribution is -0.140. The van der Waals surface area contributed by atoms with Crippen LogP contribution in [-0.4, -0.2) is 26.2 Å². The molecule has 0 atom stereocenters. The number of nitrogens with one attached hydrogen (secondary N) is 1. The normalized spacial score (nSPS) is 8.00. The summed E-state index contributed by atoms with van der Waals surface area (Å²) in [6, 6.07) is 0. The van der Waals surface area contributed by atoms with Crippen molar-refractivity contribution in [3.8, 4) is 12.3 Å². The van der Waals surface area contributed by atoms with Crippen molar-refractivity contribution < 1.29 is 9.53 Å². The molecule has 1 N–H and O–H groups in total. The van der Waals surface area contributed by atoms with Crippen molar-refractivity contribution in [2.24, 2.45) is 0 Å². The van der Waals surface area contributed by atoms with Crippen LogP contribution in [0.15, 0.2) is 0 Å². The van der Waals surface area contributed by atoms with Crippen LogP contribution in [0.2, 0.25) is 0 Å². The Morgan fingerprint density at radius 1 is 1.89 bits per heavy atom. The topological polar surface area (TPSA) is 38.3 Å². The molecular formula is C6H9NO2. The number of hydrogen-bond acceptors (Lipinski definition) is 3. The van der Waals surface area contributed by atoms with Gasteiger partial charge in [-0.05, 0) is 7.05 Å². The van der Waals surface area contributed by atoms with Crippen LogP contribution in [-0.2, 0) is 9.53 Å². The Bertz CT molecular complexity index is 126. The van der Waals surface area contributed by atoms with E-state index in [1.54, 1.807) is 7.05 Å². The molecule has 0 aromatic carbocycles. The van der Waals surface area contributed by atoms with Crippen molar-refractivity contribution in [1.29, 1.82) is 0 Å². The lowest BCUT2D eigenvalue weighted by Gasteiger charge is -1.97. The third-order valence-corrected chi connectivity index (χ3v) is 0.638. The summed E-state index contributed by atoms with van der Waals surface area (Å²) >= 11 is 0. The number of terminal acetylenes is 1. The van der Waals surface area contributed by atoms with Crippen LogP contribution in [0.25, 0.3) is 0 Å². The van der Waals surface area contributed by atoms with E-state index in [1.165, 1.54) is 0 Å². The summed E-state index contributed by atoms with van der Waals surface area (Å²) in [6.07, 6.45) is 4.83. The fourth-order valence-corrected chi connectivity index (χ4v) is 0.318. The third-order valence-electron chi connectivity index (χ3n) is 0.638. The Balaban J connectivity index is 3.19. The lowest BCUT2D eigenvalue weighted by atomic mass is 10.6. The van der Waals surface area contributed by atoms with Crippen LogP contribution in [0.3, 0.4) is 0 Å². The molecule has 3 nitrogen and oxygen atoms in total.